The minimum absolute atomic E-state index is 0.105. The fraction of sp³-hybridized carbons (Fsp3) is 0.476. The molecule has 2 aromatic heterocycles. The molecule has 1 fully saturated rings. The number of carbonyl (C=O) groups is 1. The molecule has 0 radical (unpaired) electrons. The van der Waals surface area contributed by atoms with Crippen LogP contribution in [0.1, 0.15) is 38.1 Å². The van der Waals surface area contributed by atoms with E-state index in [2.05, 4.69) is 34.0 Å². The van der Waals surface area contributed by atoms with Crippen LogP contribution in [0.3, 0.4) is 0 Å². The second-order valence-electron chi connectivity index (χ2n) is 7.39. The van der Waals surface area contributed by atoms with Crippen LogP contribution >= 0.6 is 0 Å². The maximum atomic E-state index is 12.5. The van der Waals surface area contributed by atoms with E-state index in [1.165, 1.54) is 0 Å². The molecule has 0 spiro atoms. The number of rotatable bonds is 5. The van der Waals surface area contributed by atoms with Gasteiger partial charge in [0, 0.05) is 39.1 Å². The van der Waals surface area contributed by atoms with Crippen LogP contribution in [0, 0.1) is 0 Å². The van der Waals surface area contributed by atoms with Crippen molar-refractivity contribution in [2.45, 2.75) is 45.6 Å². The van der Waals surface area contributed by atoms with Gasteiger partial charge in [-0.1, -0.05) is 12.1 Å². The van der Waals surface area contributed by atoms with Gasteiger partial charge in [-0.25, -0.2) is 9.78 Å². The summed E-state index contributed by atoms with van der Waals surface area (Å²) in [5, 5.41) is 2.95. The minimum Gasteiger partial charge on any atom is -0.372 e. The number of nitrogens with one attached hydrogen (secondary N) is 1. The van der Waals surface area contributed by atoms with Crippen molar-refractivity contribution < 1.29 is 9.53 Å². The van der Waals surface area contributed by atoms with Gasteiger partial charge in [0.05, 0.1) is 23.9 Å². The van der Waals surface area contributed by atoms with E-state index in [1.807, 2.05) is 43.5 Å². The van der Waals surface area contributed by atoms with E-state index in [0.717, 1.165) is 30.2 Å². The number of urea groups is 1. The highest BCUT2D eigenvalue weighted by Crippen LogP contribution is 2.19. The monoisotopic (exact) mass is 383 g/mol. The van der Waals surface area contributed by atoms with Gasteiger partial charge in [0.1, 0.15) is 5.82 Å². The molecular formula is C21H29N5O2. The highest BCUT2D eigenvalue weighted by molar-refractivity contribution is 5.74. The number of hydrogen-bond donors (Lipinski definition) is 1. The summed E-state index contributed by atoms with van der Waals surface area (Å²) in [6.07, 6.45) is 3.95. The van der Waals surface area contributed by atoms with Crippen LogP contribution in [-0.2, 0) is 11.3 Å². The molecule has 0 aromatic carbocycles. The predicted octanol–water partition coefficient (Wildman–Crippen LogP) is 2.99. The maximum Gasteiger partial charge on any atom is 0.317 e. The van der Waals surface area contributed by atoms with Gasteiger partial charge < -0.3 is 19.9 Å². The van der Waals surface area contributed by atoms with Crippen LogP contribution in [-0.4, -0.2) is 53.2 Å². The van der Waals surface area contributed by atoms with Gasteiger partial charge in [0.15, 0.2) is 0 Å². The normalized spacial score (nSPS) is 20.5. The predicted molar refractivity (Wildman–Crippen MR) is 109 cm³/mol. The van der Waals surface area contributed by atoms with E-state index < -0.39 is 0 Å². The van der Waals surface area contributed by atoms with Crippen molar-refractivity contribution in [2.24, 2.45) is 0 Å². The van der Waals surface area contributed by atoms with E-state index in [9.17, 15) is 4.79 Å². The Morgan fingerprint density at radius 3 is 2.61 bits per heavy atom. The lowest BCUT2D eigenvalue weighted by Crippen LogP contribution is -2.45. The zero-order chi connectivity index (χ0) is 20.1. The lowest BCUT2D eigenvalue weighted by Gasteiger charge is -2.36. The third kappa shape index (κ3) is 4.98. The Labute approximate surface area is 166 Å². The number of amides is 2. The smallest absolute Gasteiger partial charge is 0.317 e. The van der Waals surface area contributed by atoms with Gasteiger partial charge in [-0.2, -0.15) is 0 Å². The van der Waals surface area contributed by atoms with E-state index >= 15 is 0 Å². The number of nitrogens with zero attached hydrogens (tertiary/aromatic N) is 4. The van der Waals surface area contributed by atoms with Crippen LogP contribution in [0.2, 0.25) is 0 Å². The van der Waals surface area contributed by atoms with E-state index in [0.29, 0.717) is 6.54 Å². The summed E-state index contributed by atoms with van der Waals surface area (Å²) in [6.45, 7) is 8.22. The van der Waals surface area contributed by atoms with E-state index in [4.69, 9.17) is 4.74 Å². The average molecular weight is 383 g/mol. The van der Waals surface area contributed by atoms with Crippen molar-refractivity contribution >= 4 is 11.8 Å². The molecule has 0 bridgehead atoms. The van der Waals surface area contributed by atoms with Crippen molar-refractivity contribution in [1.29, 1.82) is 0 Å². The van der Waals surface area contributed by atoms with Crippen LogP contribution in [0.15, 0.2) is 42.7 Å². The summed E-state index contributed by atoms with van der Waals surface area (Å²) >= 11 is 0. The summed E-state index contributed by atoms with van der Waals surface area (Å²) in [6, 6.07) is 9.48. The first kappa shape index (κ1) is 20.1. The molecular weight excluding hydrogens is 354 g/mol. The molecule has 0 saturated carbocycles. The quantitative estimate of drug-likeness (QED) is 0.859. The second-order valence-corrected chi connectivity index (χ2v) is 7.39. The average Bonchev–Trinajstić information content (AvgIpc) is 2.71. The van der Waals surface area contributed by atoms with Crippen LogP contribution in [0.25, 0.3) is 0 Å². The number of pyridine rings is 2. The fourth-order valence-corrected chi connectivity index (χ4v) is 3.37. The number of anilines is 1. The van der Waals surface area contributed by atoms with Crippen molar-refractivity contribution in [3.8, 4) is 0 Å². The molecule has 28 heavy (non-hydrogen) atoms. The molecule has 3 unspecified atom stereocenters. The number of morpholine rings is 1. The van der Waals surface area contributed by atoms with E-state index in [1.54, 1.807) is 18.1 Å². The van der Waals surface area contributed by atoms with Crippen molar-refractivity contribution in [3.63, 3.8) is 0 Å². The van der Waals surface area contributed by atoms with Crippen molar-refractivity contribution in [1.82, 2.24) is 20.2 Å². The molecule has 1 aliphatic rings. The molecule has 0 aliphatic carbocycles. The fourth-order valence-electron chi connectivity index (χ4n) is 3.37. The molecule has 1 N–H and O–H groups in total. The summed E-state index contributed by atoms with van der Waals surface area (Å²) in [4.78, 5) is 25.2. The number of aromatic nitrogens is 2. The number of hydrogen-bond acceptors (Lipinski definition) is 5. The Morgan fingerprint density at radius 2 is 2.00 bits per heavy atom. The highest BCUT2D eigenvalue weighted by Gasteiger charge is 2.23. The number of carbonyl (C=O) groups excluding carboxylic acids is 1. The first-order valence-electron chi connectivity index (χ1n) is 9.71. The van der Waals surface area contributed by atoms with E-state index in [-0.39, 0.29) is 24.3 Å². The van der Waals surface area contributed by atoms with Gasteiger partial charge in [-0.05, 0) is 44.5 Å². The third-order valence-corrected chi connectivity index (χ3v) is 5.01. The Hall–Kier alpha value is -2.67. The summed E-state index contributed by atoms with van der Waals surface area (Å²) in [7, 11) is 1.77. The second kappa shape index (κ2) is 9.01. The lowest BCUT2D eigenvalue weighted by atomic mass is 10.2. The topological polar surface area (TPSA) is 70.6 Å². The highest BCUT2D eigenvalue weighted by atomic mass is 16.5. The number of ether oxygens (including phenoxy) is 1. The summed E-state index contributed by atoms with van der Waals surface area (Å²) in [5.41, 5.74) is 1.82. The van der Waals surface area contributed by atoms with Gasteiger partial charge in [0.2, 0.25) is 0 Å². The molecule has 7 heteroatoms. The zero-order valence-corrected chi connectivity index (χ0v) is 17.0. The van der Waals surface area contributed by atoms with Gasteiger partial charge in [0.25, 0.3) is 0 Å². The molecule has 2 aromatic rings. The Balaban J connectivity index is 1.53. The summed E-state index contributed by atoms with van der Waals surface area (Å²) < 4.78 is 5.77. The van der Waals surface area contributed by atoms with Gasteiger partial charge in [-0.15, -0.1) is 0 Å². The van der Waals surface area contributed by atoms with Crippen molar-refractivity contribution in [2.75, 3.05) is 25.0 Å². The molecule has 1 saturated heterocycles. The standard InChI is InChI=1S/C21H29N5O2/c1-15-13-26(14-16(2)28-15)20-9-8-18(11-23-20)12-24-21(27)25(4)17(3)19-7-5-6-10-22-19/h5-11,15-17H,12-14H2,1-4H3,(H,24,27). The molecule has 3 rings (SSSR count). The largest absolute Gasteiger partial charge is 0.372 e. The lowest BCUT2D eigenvalue weighted by molar-refractivity contribution is -0.00546. The first-order valence-corrected chi connectivity index (χ1v) is 9.71. The third-order valence-electron chi connectivity index (χ3n) is 5.01. The summed E-state index contributed by atoms with van der Waals surface area (Å²) in [5.74, 6) is 0.943. The molecule has 2 amide bonds. The Bertz CT molecular complexity index is 758. The molecule has 3 atom stereocenters. The van der Waals surface area contributed by atoms with Crippen LogP contribution in [0.5, 0.6) is 0 Å². The van der Waals surface area contributed by atoms with Crippen LogP contribution in [0.4, 0.5) is 10.6 Å². The SMILES string of the molecule is CC1CN(c2ccc(CNC(=O)N(C)C(C)c3ccccn3)cn2)CC(C)O1. The molecule has 3 heterocycles. The van der Waals surface area contributed by atoms with Gasteiger partial charge >= 0.3 is 6.03 Å². The van der Waals surface area contributed by atoms with Gasteiger partial charge in [-0.3, -0.25) is 4.98 Å². The Morgan fingerprint density at radius 1 is 1.25 bits per heavy atom. The Kier molecular flexibility index (Phi) is 6.46. The molecule has 1 aliphatic heterocycles. The first-order chi connectivity index (χ1) is 13.4. The minimum atomic E-state index is -0.141. The van der Waals surface area contributed by atoms with Crippen LogP contribution < -0.4 is 10.2 Å². The maximum absolute atomic E-state index is 12.5. The van der Waals surface area contributed by atoms with Crippen molar-refractivity contribution in [3.05, 3.63) is 54.0 Å². The zero-order valence-electron chi connectivity index (χ0n) is 17.0. The molecule has 150 valence electrons. The molecule has 7 nitrogen and oxygen atoms in total.